The second-order valence-corrected chi connectivity index (χ2v) is 7.21. The molecule has 0 aliphatic rings. The van der Waals surface area contributed by atoms with E-state index in [2.05, 4.69) is 26.8 Å². The first-order chi connectivity index (χ1) is 13.5. The van der Waals surface area contributed by atoms with Crippen molar-refractivity contribution < 1.29 is 14.3 Å². The van der Waals surface area contributed by atoms with E-state index in [9.17, 15) is 9.59 Å². The van der Waals surface area contributed by atoms with E-state index in [-0.39, 0.29) is 0 Å². The number of hydrogen-bond donors (Lipinski definition) is 2. The summed E-state index contributed by atoms with van der Waals surface area (Å²) in [6.45, 7) is 0.427. The van der Waals surface area contributed by atoms with Gasteiger partial charge >= 0.3 is 0 Å². The van der Waals surface area contributed by atoms with Crippen LogP contribution in [0.4, 0.5) is 0 Å². The molecule has 2 N–H and O–H groups in total. The highest BCUT2D eigenvalue weighted by atomic mass is 79.9. The number of halogens is 2. The van der Waals surface area contributed by atoms with Gasteiger partial charge in [0.05, 0.1) is 0 Å². The molecule has 3 rings (SSSR count). The Morgan fingerprint density at radius 1 is 0.786 bits per heavy atom. The van der Waals surface area contributed by atoms with Crippen LogP contribution in [-0.2, 0) is 6.61 Å². The third kappa shape index (κ3) is 5.58. The first-order valence-corrected chi connectivity index (χ1v) is 9.52. The molecule has 0 spiro atoms. The van der Waals surface area contributed by atoms with Gasteiger partial charge in [-0.05, 0) is 66.2 Å². The van der Waals surface area contributed by atoms with Crippen molar-refractivity contribution in [3.8, 4) is 5.75 Å². The summed E-state index contributed by atoms with van der Waals surface area (Å²) in [5, 5.41) is 0.531. The lowest BCUT2D eigenvalue weighted by Crippen LogP contribution is -2.41. The molecule has 0 saturated carbocycles. The van der Waals surface area contributed by atoms with Crippen LogP contribution in [0.1, 0.15) is 26.3 Å². The van der Waals surface area contributed by atoms with Crippen LogP contribution in [0, 0.1) is 0 Å². The molecular weight excluding hydrogens is 444 g/mol. The minimum atomic E-state index is -0.431. The quantitative estimate of drug-likeness (QED) is 0.541. The fourth-order valence-corrected chi connectivity index (χ4v) is 2.70. The number of rotatable bonds is 5. The summed E-state index contributed by atoms with van der Waals surface area (Å²) in [5.74, 6) is -0.217. The maximum atomic E-state index is 12.2. The van der Waals surface area contributed by atoms with Gasteiger partial charge in [0.25, 0.3) is 11.8 Å². The molecule has 0 heterocycles. The Labute approximate surface area is 175 Å². The van der Waals surface area contributed by atoms with Crippen molar-refractivity contribution in [2.24, 2.45) is 0 Å². The molecule has 7 heteroatoms. The van der Waals surface area contributed by atoms with Gasteiger partial charge < -0.3 is 4.74 Å². The van der Waals surface area contributed by atoms with Crippen molar-refractivity contribution in [3.63, 3.8) is 0 Å². The van der Waals surface area contributed by atoms with Crippen LogP contribution in [0.25, 0.3) is 0 Å². The van der Waals surface area contributed by atoms with E-state index >= 15 is 0 Å². The summed E-state index contributed by atoms with van der Waals surface area (Å²) in [5.41, 5.74) is 6.57. The van der Waals surface area contributed by atoms with E-state index in [1.165, 1.54) is 0 Å². The zero-order valence-corrected chi connectivity index (χ0v) is 17.0. The summed E-state index contributed by atoms with van der Waals surface area (Å²) in [6.07, 6.45) is 0. The summed E-state index contributed by atoms with van der Waals surface area (Å²) in [7, 11) is 0. The monoisotopic (exact) mass is 458 g/mol. The highest BCUT2D eigenvalue weighted by molar-refractivity contribution is 9.10. The number of benzene rings is 3. The topological polar surface area (TPSA) is 67.4 Å². The van der Waals surface area contributed by atoms with Gasteiger partial charge in [0.15, 0.2) is 0 Å². The maximum Gasteiger partial charge on any atom is 0.269 e. The molecule has 2 amide bonds. The van der Waals surface area contributed by atoms with Crippen molar-refractivity contribution in [1.29, 1.82) is 0 Å². The molecule has 5 nitrogen and oxygen atoms in total. The predicted molar refractivity (Wildman–Crippen MR) is 111 cm³/mol. The lowest BCUT2D eigenvalue weighted by atomic mass is 10.2. The van der Waals surface area contributed by atoms with Crippen LogP contribution < -0.4 is 15.6 Å². The smallest absolute Gasteiger partial charge is 0.269 e. The Balaban J connectivity index is 1.51. The molecule has 0 aliphatic heterocycles. The summed E-state index contributed by atoms with van der Waals surface area (Å²) in [6, 6.07) is 20.8. The van der Waals surface area contributed by atoms with Crippen molar-refractivity contribution in [2.75, 3.05) is 0 Å². The Bertz CT molecular complexity index is 958. The summed E-state index contributed by atoms with van der Waals surface area (Å²) >= 11 is 9.18. The van der Waals surface area contributed by atoms with E-state index < -0.39 is 11.8 Å². The average molecular weight is 460 g/mol. The van der Waals surface area contributed by atoms with Gasteiger partial charge in [-0.3, -0.25) is 20.4 Å². The highest BCUT2D eigenvalue weighted by Crippen LogP contribution is 2.16. The van der Waals surface area contributed by atoms with Gasteiger partial charge in [0.2, 0.25) is 0 Å². The van der Waals surface area contributed by atoms with Crippen LogP contribution in [-0.4, -0.2) is 11.8 Å². The number of ether oxygens (including phenoxy) is 1. The molecule has 0 fully saturated rings. The van der Waals surface area contributed by atoms with Crippen LogP contribution in [0.2, 0.25) is 5.02 Å². The van der Waals surface area contributed by atoms with Crippen molar-refractivity contribution in [1.82, 2.24) is 10.9 Å². The van der Waals surface area contributed by atoms with Crippen LogP contribution in [0.5, 0.6) is 5.75 Å². The molecule has 0 unspecified atom stereocenters. The van der Waals surface area contributed by atoms with E-state index in [1.54, 1.807) is 48.5 Å². The SMILES string of the molecule is O=C(NNC(=O)c1ccc(OCc2ccc(Br)cc2)cc1)c1ccc(Cl)cc1. The second-order valence-electron chi connectivity index (χ2n) is 5.85. The number of carbonyl (C=O) groups excluding carboxylic acids is 2. The Morgan fingerprint density at radius 2 is 1.29 bits per heavy atom. The number of hydrazine groups is 1. The number of amides is 2. The fourth-order valence-electron chi connectivity index (χ4n) is 2.31. The van der Waals surface area contributed by atoms with E-state index in [4.69, 9.17) is 16.3 Å². The predicted octanol–water partition coefficient (Wildman–Crippen LogP) is 4.76. The van der Waals surface area contributed by atoms with Gasteiger partial charge in [-0.1, -0.05) is 39.7 Å². The molecule has 28 heavy (non-hydrogen) atoms. The minimum Gasteiger partial charge on any atom is -0.489 e. The number of carbonyl (C=O) groups is 2. The van der Waals surface area contributed by atoms with Gasteiger partial charge in [0, 0.05) is 20.6 Å². The van der Waals surface area contributed by atoms with Crippen LogP contribution in [0.3, 0.4) is 0 Å². The first-order valence-electron chi connectivity index (χ1n) is 8.35. The van der Waals surface area contributed by atoms with Crippen molar-refractivity contribution in [2.45, 2.75) is 6.61 Å². The minimum absolute atomic E-state index is 0.390. The van der Waals surface area contributed by atoms with E-state index in [0.717, 1.165) is 10.0 Å². The Morgan fingerprint density at radius 3 is 1.82 bits per heavy atom. The lowest BCUT2D eigenvalue weighted by molar-refractivity contribution is 0.0846. The zero-order valence-electron chi connectivity index (χ0n) is 14.6. The van der Waals surface area contributed by atoms with Crippen LogP contribution in [0.15, 0.2) is 77.3 Å². The molecule has 0 radical (unpaired) electrons. The fraction of sp³-hybridized carbons (Fsp3) is 0.0476. The average Bonchev–Trinajstić information content (AvgIpc) is 2.72. The van der Waals surface area contributed by atoms with Gasteiger partial charge in [-0.2, -0.15) is 0 Å². The van der Waals surface area contributed by atoms with Crippen molar-refractivity contribution >= 4 is 39.3 Å². The molecule has 0 aliphatic carbocycles. The third-order valence-electron chi connectivity index (χ3n) is 3.83. The Hall–Kier alpha value is -2.83. The molecule has 0 saturated heterocycles. The standard InChI is InChI=1S/C21H16BrClN2O3/c22-17-7-1-14(2-8-17)13-28-19-11-5-16(6-12-19)21(27)25-24-20(26)15-3-9-18(23)10-4-15/h1-12H,13H2,(H,24,26)(H,25,27). The molecule has 0 atom stereocenters. The maximum absolute atomic E-state index is 12.2. The summed E-state index contributed by atoms with van der Waals surface area (Å²) in [4.78, 5) is 24.2. The number of nitrogens with one attached hydrogen (secondary N) is 2. The summed E-state index contributed by atoms with van der Waals surface area (Å²) < 4.78 is 6.71. The Kier molecular flexibility index (Phi) is 6.68. The normalized spacial score (nSPS) is 10.2. The van der Waals surface area contributed by atoms with Gasteiger partial charge in [-0.25, -0.2) is 0 Å². The van der Waals surface area contributed by atoms with Crippen LogP contribution >= 0.6 is 27.5 Å². The van der Waals surface area contributed by atoms with E-state index in [0.29, 0.717) is 28.5 Å². The number of hydrogen-bond acceptors (Lipinski definition) is 3. The van der Waals surface area contributed by atoms with Crippen molar-refractivity contribution in [3.05, 3.63) is 99.0 Å². The molecule has 142 valence electrons. The first kappa shape index (κ1) is 19.9. The molecular formula is C21H16BrClN2O3. The third-order valence-corrected chi connectivity index (χ3v) is 4.61. The molecule has 3 aromatic rings. The largest absolute Gasteiger partial charge is 0.489 e. The second kappa shape index (κ2) is 9.39. The molecule has 3 aromatic carbocycles. The lowest BCUT2D eigenvalue weighted by Gasteiger charge is -2.09. The highest BCUT2D eigenvalue weighted by Gasteiger charge is 2.09. The van der Waals surface area contributed by atoms with Gasteiger partial charge in [0.1, 0.15) is 12.4 Å². The zero-order chi connectivity index (χ0) is 19.9. The van der Waals surface area contributed by atoms with Gasteiger partial charge in [-0.15, -0.1) is 0 Å². The molecule has 0 bridgehead atoms. The molecule has 0 aromatic heterocycles. The van der Waals surface area contributed by atoms with E-state index in [1.807, 2.05) is 24.3 Å².